The lowest BCUT2D eigenvalue weighted by Crippen LogP contribution is -2.47. The molecule has 1 atom stereocenters. The highest BCUT2D eigenvalue weighted by Crippen LogP contribution is 2.36. The molecule has 1 unspecified atom stereocenters. The normalized spacial score (nSPS) is 24.5. The number of aromatic nitrogens is 2. The van der Waals surface area contributed by atoms with Gasteiger partial charge in [0, 0.05) is 24.6 Å². The molecule has 1 aliphatic heterocycles. The van der Waals surface area contributed by atoms with Gasteiger partial charge in [-0.2, -0.15) is 0 Å². The summed E-state index contributed by atoms with van der Waals surface area (Å²) < 4.78 is 4.41. The summed E-state index contributed by atoms with van der Waals surface area (Å²) in [5, 5.41) is 13.5. The molecule has 2 heterocycles. The number of carboxylic acids is 1. The molecule has 0 saturated carbocycles. The van der Waals surface area contributed by atoms with Gasteiger partial charge in [0.1, 0.15) is 10.0 Å². The van der Waals surface area contributed by atoms with Crippen LogP contribution in [0, 0.1) is 5.41 Å². The molecule has 19 heavy (non-hydrogen) atoms. The smallest absolute Gasteiger partial charge is 0.310 e. The summed E-state index contributed by atoms with van der Waals surface area (Å²) in [6, 6.07) is 0. The molecule has 1 aromatic rings. The fourth-order valence-electron chi connectivity index (χ4n) is 2.83. The second-order valence-electron chi connectivity index (χ2n) is 5.14. The van der Waals surface area contributed by atoms with Crippen LogP contribution >= 0.6 is 23.1 Å². The Bertz CT molecular complexity index is 450. The van der Waals surface area contributed by atoms with Crippen LogP contribution in [0.1, 0.15) is 38.3 Å². The van der Waals surface area contributed by atoms with Crippen molar-refractivity contribution in [1.82, 2.24) is 14.5 Å². The molecule has 0 radical (unpaired) electrons. The zero-order valence-corrected chi connectivity index (χ0v) is 12.5. The van der Waals surface area contributed by atoms with Gasteiger partial charge in [-0.05, 0) is 25.8 Å². The number of hydrogen-bond acceptors (Lipinski definition) is 5. The number of carbonyl (C=O) groups is 1. The summed E-state index contributed by atoms with van der Waals surface area (Å²) in [5.74, 6) is -0.679. The van der Waals surface area contributed by atoms with Crippen molar-refractivity contribution in [2.45, 2.75) is 39.2 Å². The molecule has 106 valence electrons. The first kappa shape index (κ1) is 14.7. The van der Waals surface area contributed by atoms with Crippen LogP contribution in [0.25, 0.3) is 0 Å². The van der Waals surface area contributed by atoms with Crippen LogP contribution in [0.4, 0.5) is 0 Å². The van der Waals surface area contributed by atoms with E-state index in [1.165, 1.54) is 11.5 Å². The molecule has 1 fully saturated rings. The average molecular weight is 304 g/mol. The summed E-state index contributed by atoms with van der Waals surface area (Å²) >= 11 is 7.18. The number of nitrogens with zero attached hydrogens (tertiary/aromatic N) is 3. The van der Waals surface area contributed by atoms with Gasteiger partial charge in [0.25, 0.3) is 0 Å². The topological polar surface area (TPSA) is 66.3 Å². The van der Waals surface area contributed by atoms with Crippen molar-refractivity contribution in [3.05, 3.63) is 10.0 Å². The van der Waals surface area contributed by atoms with Gasteiger partial charge >= 0.3 is 5.97 Å². The summed E-state index contributed by atoms with van der Waals surface area (Å²) in [4.78, 5) is 13.7. The van der Waals surface area contributed by atoms with E-state index in [0.29, 0.717) is 17.4 Å². The molecule has 1 aliphatic rings. The van der Waals surface area contributed by atoms with Gasteiger partial charge in [-0.1, -0.05) is 29.4 Å². The number of piperidine rings is 1. The van der Waals surface area contributed by atoms with Crippen molar-refractivity contribution in [2.24, 2.45) is 5.41 Å². The number of carboxylic acid groups (broad SMARTS) is 1. The molecule has 0 amide bonds. The van der Waals surface area contributed by atoms with Gasteiger partial charge in [0.05, 0.1) is 5.41 Å². The van der Waals surface area contributed by atoms with Crippen molar-refractivity contribution >= 4 is 29.1 Å². The number of rotatable bonds is 5. The summed E-state index contributed by atoms with van der Waals surface area (Å²) in [6.45, 7) is 4.09. The van der Waals surface area contributed by atoms with Crippen molar-refractivity contribution in [2.75, 3.05) is 13.1 Å². The third-order valence-electron chi connectivity index (χ3n) is 3.72. The van der Waals surface area contributed by atoms with E-state index in [0.717, 1.165) is 37.9 Å². The molecule has 1 aromatic heterocycles. The first-order valence-electron chi connectivity index (χ1n) is 6.50. The third-order valence-corrected chi connectivity index (χ3v) is 4.71. The van der Waals surface area contributed by atoms with E-state index in [1.807, 2.05) is 6.92 Å². The quantitative estimate of drug-likeness (QED) is 0.906. The first-order chi connectivity index (χ1) is 9.07. The van der Waals surface area contributed by atoms with Gasteiger partial charge in [-0.25, -0.2) is 0 Å². The van der Waals surface area contributed by atoms with Crippen LogP contribution in [-0.4, -0.2) is 38.7 Å². The van der Waals surface area contributed by atoms with E-state index in [1.54, 1.807) is 0 Å². The Labute approximate surface area is 121 Å². The minimum Gasteiger partial charge on any atom is -0.481 e. The second-order valence-corrected chi connectivity index (χ2v) is 6.50. The van der Waals surface area contributed by atoms with E-state index in [4.69, 9.17) is 11.6 Å². The van der Waals surface area contributed by atoms with Crippen LogP contribution in [0.5, 0.6) is 0 Å². The molecule has 0 aromatic carbocycles. The SMILES string of the molecule is CCCC1(C(=O)O)CCCN(Cc2nnsc2Cl)C1. The van der Waals surface area contributed by atoms with Crippen LogP contribution in [-0.2, 0) is 11.3 Å². The molecular formula is C12H18ClN3O2S. The van der Waals surface area contributed by atoms with Gasteiger partial charge in [-0.3, -0.25) is 9.69 Å². The number of aliphatic carboxylic acids is 1. The molecule has 0 spiro atoms. The van der Waals surface area contributed by atoms with E-state index >= 15 is 0 Å². The maximum Gasteiger partial charge on any atom is 0.310 e. The molecule has 5 nitrogen and oxygen atoms in total. The highest BCUT2D eigenvalue weighted by molar-refractivity contribution is 7.10. The molecule has 7 heteroatoms. The van der Waals surface area contributed by atoms with Crippen LogP contribution in [0.15, 0.2) is 0 Å². The van der Waals surface area contributed by atoms with Gasteiger partial charge in [0.2, 0.25) is 0 Å². The summed E-state index contributed by atoms with van der Waals surface area (Å²) in [6.07, 6.45) is 3.28. The molecule has 1 saturated heterocycles. The lowest BCUT2D eigenvalue weighted by Gasteiger charge is -2.39. The number of likely N-dealkylation sites (tertiary alicyclic amines) is 1. The average Bonchev–Trinajstić information content (AvgIpc) is 2.76. The molecule has 2 rings (SSSR count). The summed E-state index contributed by atoms with van der Waals surface area (Å²) in [7, 11) is 0. The third kappa shape index (κ3) is 3.24. The van der Waals surface area contributed by atoms with Gasteiger partial charge in [-0.15, -0.1) is 5.10 Å². The van der Waals surface area contributed by atoms with E-state index in [-0.39, 0.29) is 0 Å². The molecule has 1 N–H and O–H groups in total. The molecule has 0 aliphatic carbocycles. The van der Waals surface area contributed by atoms with Crippen molar-refractivity contribution in [3.8, 4) is 0 Å². The van der Waals surface area contributed by atoms with Gasteiger partial charge < -0.3 is 5.11 Å². The fraction of sp³-hybridized carbons (Fsp3) is 0.750. The minimum atomic E-state index is -0.679. The van der Waals surface area contributed by atoms with Crippen molar-refractivity contribution in [3.63, 3.8) is 0 Å². The van der Waals surface area contributed by atoms with Crippen LogP contribution in [0.2, 0.25) is 4.34 Å². The van der Waals surface area contributed by atoms with Crippen molar-refractivity contribution < 1.29 is 9.90 Å². The molecule has 0 bridgehead atoms. The second kappa shape index (κ2) is 6.15. The Hall–Kier alpha value is -0.720. The Morgan fingerprint density at radius 1 is 1.63 bits per heavy atom. The Morgan fingerprint density at radius 3 is 3.00 bits per heavy atom. The first-order valence-corrected chi connectivity index (χ1v) is 7.65. The van der Waals surface area contributed by atoms with E-state index in [9.17, 15) is 9.90 Å². The lowest BCUT2D eigenvalue weighted by atomic mass is 9.76. The Morgan fingerprint density at radius 2 is 2.42 bits per heavy atom. The monoisotopic (exact) mass is 303 g/mol. The minimum absolute atomic E-state index is 0.573. The number of hydrogen-bond donors (Lipinski definition) is 1. The maximum absolute atomic E-state index is 11.6. The Balaban J connectivity index is 2.07. The predicted molar refractivity (Wildman–Crippen MR) is 74.4 cm³/mol. The zero-order valence-electron chi connectivity index (χ0n) is 10.9. The highest BCUT2D eigenvalue weighted by Gasteiger charge is 2.41. The predicted octanol–water partition coefficient (Wildman–Crippen LogP) is 2.66. The highest BCUT2D eigenvalue weighted by atomic mass is 35.5. The van der Waals surface area contributed by atoms with E-state index < -0.39 is 11.4 Å². The number of halogens is 1. The Kier molecular flexibility index (Phi) is 4.76. The van der Waals surface area contributed by atoms with E-state index in [2.05, 4.69) is 14.5 Å². The maximum atomic E-state index is 11.6. The largest absolute Gasteiger partial charge is 0.481 e. The standard InChI is InChI=1S/C12H18ClN3O2S/c1-2-4-12(11(17)18)5-3-6-16(8-12)7-9-10(13)19-15-14-9/h2-8H2,1H3,(H,17,18). The van der Waals surface area contributed by atoms with Crippen LogP contribution in [0.3, 0.4) is 0 Å². The van der Waals surface area contributed by atoms with Gasteiger partial charge in [0.15, 0.2) is 0 Å². The zero-order chi connectivity index (χ0) is 13.9. The summed E-state index contributed by atoms with van der Waals surface area (Å²) in [5.41, 5.74) is 0.146. The lowest BCUT2D eigenvalue weighted by molar-refractivity contribution is -0.153. The van der Waals surface area contributed by atoms with Crippen LogP contribution < -0.4 is 0 Å². The van der Waals surface area contributed by atoms with Crippen molar-refractivity contribution in [1.29, 1.82) is 0 Å². The molecular weight excluding hydrogens is 286 g/mol. The fourth-order valence-corrected chi connectivity index (χ4v) is 3.44.